The number of carbonyl (C=O) groups excluding carboxylic acids is 1. The smallest absolute Gasteiger partial charge is 0.233 e. The molecular weight excluding hydrogens is 322 g/mol. The summed E-state index contributed by atoms with van der Waals surface area (Å²) in [6.07, 6.45) is 0. The molecule has 0 aromatic heterocycles. The van der Waals surface area contributed by atoms with Crippen molar-refractivity contribution < 1.29 is 14.3 Å². The molecule has 3 rings (SSSR count). The molecule has 0 radical (unpaired) electrons. The molecule has 1 saturated heterocycles. The highest BCUT2D eigenvalue weighted by molar-refractivity contribution is 8.00. The van der Waals surface area contributed by atoms with Crippen molar-refractivity contribution in [3.63, 3.8) is 0 Å². The molecule has 1 aliphatic rings. The topological polar surface area (TPSA) is 38.8 Å². The molecule has 126 valence electrons. The minimum atomic E-state index is 0.0816. The second kappa shape index (κ2) is 7.62. The molecule has 1 atom stereocenters. The number of methoxy groups -OCH3 is 1. The minimum absolute atomic E-state index is 0.0816. The van der Waals surface area contributed by atoms with Gasteiger partial charge in [-0.15, -0.1) is 11.8 Å². The number of hydrogen-bond donors (Lipinski definition) is 0. The first kappa shape index (κ1) is 16.7. The molecular formula is C19H21NO3S. The van der Waals surface area contributed by atoms with E-state index in [9.17, 15) is 4.79 Å². The Morgan fingerprint density at radius 3 is 2.54 bits per heavy atom. The van der Waals surface area contributed by atoms with E-state index < -0.39 is 0 Å². The molecule has 4 nitrogen and oxygen atoms in total. The zero-order valence-electron chi connectivity index (χ0n) is 13.9. The molecule has 0 bridgehead atoms. The zero-order chi connectivity index (χ0) is 16.9. The van der Waals surface area contributed by atoms with Gasteiger partial charge in [0, 0.05) is 0 Å². The minimum Gasteiger partial charge on any atom is -0.497 e. The maximum Gasteiger partial charge on any atom is 0.233 e. The Bertz CT molecular complexity index is 702. The SMILES string of the molecule is COc1ccc(OCCN2C(=O)CSC2c2ccccc2C)cc1. The molecule has 2 aromatic rings. The van der Waals surface area contributed by atoms with Crippen LogP contribution in [-0.4, -0.2) is 36.8 Å². The van der Waals surface area contributed by atoms with Crippen LogP contribution in [0.4, 0.5) is 0 Å². The average molecular weight is 343 g/mol. The molecule has 24 heavy (non-hydrogen) atoms. The van der Waals surface area contributed by atoms with Crippen molar-refractivity contribution >= 4 is 17.7 Å². The third kappa shape index (κ3) is 3.67. The summed E-state index contributed by atoms with van der Waals surface area (Å²) in [5, 5.41) is 0.0816. The van der Waals surface area contributed by atoms with Crippen LogP contribution >= 0.6 is 11.8 Å². The summed E-state index contributed by atoms with van der Waals surface area (Å²) in [4.78, 5) is 14.1. The number of thioether (sulfide) groups is 1. The van der Waals surface area contributed by atoms with Gasteiger partial charge in [0.05, 0.1) is 19.4 Å². The normalized spacial score (nSPS) is 17.2. The average Bonchev–Trinajstić information content (AvgIpc) is 2.97. The first-order chi connectivity index (χ1) is 11.7. The van der Waals surface area contributed by atoms with Gasteiger partial charge < -0.3 is 14.4 Å². The van der Waals surface area contributed by atoms with Crippen LogP contribution in [0, 0.1) is 6.92 Å². The van der Waals surface area contributed by atoms with Gasteiger partial charge >= 0.3 is 0 Å². The lowest BCUT2D eigenvalue weighted by Gasteiger charge is -2.25. The summed E-state index contributed by atoms with van der Waals surface area (Å²) in [5.41, 5.74) is 2.42. The summed E-state index contributed by atoms with van der Waals surface area (Å²) < 4.78 is 10.9. The summed E-state index contributed by atoms with van der Waals surface area (Å²) in [6.45, 7) is 3.14. The molecule has 2 aromatic carbocycles. The first-order valence-corrected chi connectivity index (χ1v) is 8.97. The molecule has 1 heterocycles. The Kier molecular flexibility index (Phi) is 5.30. The van der Waals surface area contributed by atoms with Crippen LogP contribution < -0.4 is 9.47 Å². The molecule has 0 aliphatic carbocycles. The summed E-state index contributed by atoms with van der Waals surface area (Å²) in [6, 6.07) is 15.7. The van der Waals surface area contributed by atoms with Gasteiger partial charge in [0.1, 0.15) is 23.5 Å². The van der Waals surface area contributed by atoms with Crippen LogP contribution in [0.2, 0.25) is 0 Å². The van der Waals surface area contributed by atoms with E-state index in [-0.39, 0.29) is 11.3 Å². The molecule has 1 aliphatic heterocycles. The van der Waals surface area contributed by atoms with E-state index in [1.165, 1.54) is 11.1 Å². The van der Waals surface area contributed by atoms with Crippen molar-refractivity contribution in [3.8, 4) is 11.5 Å². The van der Waals surface area contributed by atoms with E-state index in [0.717, 1.165) is 11.5 Å². The number of aryl methyl sites for hydroxylation is 1. The fourth-order valence-corrected chi connectivity index (χ4v) is 4.06. The molecule has 0 N–H and O–H groups in total. The predicted octanol–water partition coefficient (Wildman–Crippen LogP) is 3.66. The van der Waals surface area contributed by atoms with E-state index in [2.05, 4.69) is 19.1 Å². The van der Waals surface area contributed by atoms with Crippen molar-refractivity contribution in [2.75, 3.05) is 26.0 Å². The van der Waals surface area contributed by atoms with Gasteiger partial charge in [0.25, 0.3) is 0 Å². The van der Waals surface area contributed by atoms with Crippen molar-refractivity contribution in [2.24, 2.45) is 0 Å². The second-order valence-corrected chi connectivity index (χ2v) is 6.70. The highest BCUT2D eigenvalue weighted by Crippen LogP contribution is 2.39. The Hall–Kier alpha value is -2.14. The highest BCUT2D eigenvalue weighted by atomic mass is 32.2. The monoisotopic (exact) mass is 343 g/mol. The highest BCUT2D eigenvalue weighted by Gasteiger charge is 2.33. The largest absolute Gasteiger partial charge is 0.497 e. The predicted molar refractivity (Wildman–Crippen MR) is 96.6 cm³/mol. The Balaban J connectivity index is 1.62. The van der Waals surface area contributed by atoms with E-state index in [1.807, 2.05) is 41.3 Å². The van der Waals surface area contributed by atoms with Crippen molar-refractivity contribution in [1.29, 1.82) is 0 Å². The van der Waals surface area contributed by atoms with E-state index in [1.54, 1.807) is 18.9 Å². The van der Waals surface area contributed by atoms with Gasteiger partial charge in [-0.2, -0.15) is 0 Å². The number of rotatable bonds is 6. The van der Waals surface area contributed by atoms with Gasteiger partial charge in [0.2, 0.25) is 5.91 Å². The van der Waals surface area contributed by atoms with Crippen molar-refractivity contribution in [1.82, 2.24) is 4.90 Å². The third-order valence-corrected chi connectivity index (χ3v) is 5.32. The number of amides is 1. The number of nitrogens with zero attached hydrogens (tertiary/aromatic N) is 1. The van der Waals surface area contributed by atoms with Gasteiger partial charge in [-0.1, -0.05) is 24.3 Å². The lowest BCUT2D eigenvalue weighted by molar-refractivity contribution is -0.128. The lowest BCUT2D eigenvalue weighted by Crippen LogP contribution is -2.32. The Labute approximate surface area is 146 Å². The van der Waals surface area contributed by atoms with E-state index in [4.69, 9.17) is 9.47 Å². The second-order valence-electron chi connectivity index (χ2n) is 5.63. The van der Waals surface area contributed by atoms with Gasteiger partial charge in [-0.05, 0) is 42.3 Å². The third-order valence-electron chi connectivity index (χ3n) is 4.08. The van der Waals surface area contributed by atoms with Crippen LogP contribution in [0.1, 0.15) is 16.5 Å². The number of ether oxygens (including phenoxy) is 2. The Morgan fingerprint density at radius 1 is 1.12 bits per heavy atom. The lowest BCUT2D eigenvalue weighted by atomic mass is 10.1. The number of carbonyl (C=O) groups is 1. The van der Waals surface area contributed by atoms with Gasteiger partial charge in [-0.25, -0.2) is 0 Å². The Morgan fingerprint density at radius 2 is 1.83 bits per heavy atom. The van der Waals surface area contributed by atoms with Crippen LogP contribution in [0.25, 0.3) is 0 Å². The van der Waals surface area contributed by atoms with E-state index >= 15 is 0 Å². The van der Waals surface area contributed by atoms with Crippen LogP contribution in [0.5, 0.6) is 11.5 Å². The van der Waals surface area contributed by atoms with Gasteiger partial charge in [0.15, 0.2) is 0 Å². The van der Waals surface area contributed by atoms with Crippen molar-refractivity contribution in [2.45, 2.75) is 12.3 Å². The van der Waals surface area contributed by atoms with E-state index in [0.29, 0.717) is 18.9 Å². The fourth-order valence-electron chi connectivity index (χ4n) is 2.75. The molecule has 5 heteroatoms. The zero-order valence-corrected chi connectivity index (χ0v) is 14.7. The molecule has 1 amide bonds. The maximum atomic E-state index is 12.2. The fraction of sp³-hybridized carbons (Fsp3) is 0.316. The molecule has 1 fully saturated rings. The molecule has 0 saturated carbocycles. The summed E-state index contributed by atoms with van der Waals surface area (Å²) in [7, 11) is 1.64. The number of hydrogen-bond acceptors (Lipinski definition) is 4. The van der Waals surface area contributed by atoms with Crippen LogP contribution in [-0.2, 0) is 4.79 Å². The van der Waals surface area contributed by atoms with Crippen LogP contribution in [0.3, 0.4) is 0 Å². The summed E-state index contributed by atoms with van der Waals surface area (Å²) in [5.74, 6) is 2.28. The first-order valence-electron chi connectivity index (χ1n) is 7.92. The molecule has 0 spiro atoms. The van der Waals surface area contributed by atoms with Gasteiger partial charge in [-0.3, -0.25) is 4.79 Å². The standard InChI is InChI=1S/C19H21NO3S/c1-14-5-3-4-6-17(14)19-20(18(21)13-24-19)11-12-23-16-9-7-15(22-2)8-10-16/h3-10,19H,11-13H2,1-2H3. The quantitative estimate of drug-likeness (QED) is 0.802. The maximum absolute atomic E-state index is 12.2. The summed E-state index contributed by atoms with van der Waals surface area (Å²) >= 11 is 1.68. The van der Waals surface area contributed by atoms with Crippen LogP contribution in [0.15, 0.2) is 48.5 Å². The number of benzene rings is 2. The van der Waals surface area contributed by atoms with Crippen molar-refractivity contribution in [3.05, 3.63) is 59.7 Å². The molecule has 1 unspecified atom stereocenters.